The SMILES string of the molecule is CC(OC(=O)c1ccccc1)c1cc(-c2ccc(-c3ccc(N(C)C)cc3)s2)ccc1[N+](=O)[O-]. The molecule has 0 aliphatic rings. The number of hydrogen-bond donors (Lipinski definition) is 0. The lowest BCUT2D eigenvalue weighted by Crippen LogP contribution is -2.10. The Morgan fingerprint density at radius 1 is 0.912 bits per heavy atom. The molecule has 34 heavy (non-hydrogen) atoms. The lowest BCUT2D eigenvalue weighted by molar-refractivity contribution is -0.386. The minimum Gasteiger partial charge on any atom is -0.454 e. The van der Waals surface area contributed by atoms with E-state index in [9.17, 15) is 14.9 Å². The second-order valence-electron chi connectivity index (χ2n) is 8.05. The minimum absolute atomic E-state index is 0.0758. The summed E-state index contributed by atoms with van der Waals surface area (Å²) in [7, 11) is 4.01. The van der Waals surface area contributed by atoms with Crippen LogP contribution in [0.5, 0.6) is 0 Å². The van der Waals surface area contributed by atoms with Gasteiger partial charge >= 0.3 is 5.97 Å². The first kappa shape index (κ1) is 23.2. The van der Waals surface area contributed by atoms with E-state index in [2.05, 4.69) is 24.3 Å². The molecule has 6 nitrogen and oxygen atoms in total. The van der Waals surface area contributed by atoms with Crippen molar-refractivity contribution in [3.63, 3.8) is 0 Å². The largest absolute Gasteiger partial charge is 0.454 e. The van der Waals surface area contributed by atoms with Crippen molar-refractivity contribution in [2.75, 3.05) is 19.0 Å². The van der Waals surface area contributed by atoms with Gasteiger partial charge in [-0.25, -0.2) is 4.79 Å². The van der Waals surface area contributed by atoms with Gasteiger partial charge in [0.25, 0.3) is 5.69 Å². The summed E-state index contributed by atoms with van der Waals surface area (Å²) in [6.45, 7) is 1.65. The topological polar surface area (TPSA) is 72.7 Å². The molecule has 0 amide bonds. The van der Waals surface area contributed by atoms with Gasteiger partial charge in [-0.2, -0.15) is 0 Å². The maximum atomic E-state index is 12.5. The molecule has 0 fully saturated rings. The van der Waals surface area contributed by atoms with Crippen LogP contribution in [0.2, 0.25) is 0 Å². The lowest BCUT2D eigenvalue weighted by Gasteiger charge is -2.15. The molecule has 0 spiro atoms. The van der Waals surface area contributed by atoms with Gasteiger partial charge < -0.3 is 9.64 Å². The predicted molar refractivity (Wildman–Crippen MR) is 136 cm³/mol. The first-order chi connectivity index (χ1) is 16.3. The molecule has 4 aromatic rings. The predicted octanol–water partition coefficient (Wildman–Crippen LogP) is 6.97. The van der Waals surface area contributed by atoms with Crippen LogP contribution < -0.4 is 4.90 Å². The molecule has 0 saturated carbocycles. The fraction of sp³-hybridized carbons (Fsp3) is 0.148. The highest BCUT2D eigenvalue weighted by molar-refractivity contribution is 7.18. The molecule has 0 bridgehead atoms. The molecule has 0 aliphatic carbocycles. The van der Waals surface area contributed by atoms with Crippen molar-refractivity contribution in [2.45, 2.75) is 13.0 Å². The molecule has 172 valence electrons. The molecule has 0 aliphatic heterocycles. The zero-order valence-corrected chi connectivity index (χ0v) is 19.9. The Morgan fingerprint density at radius 2 is 1.53 bits per heavy atom. The van der Waals surface area contributed by atoms with Gasteiger partial charge in [-0.3, -0.25) is 10.1 Å². The summed E-state index contributed by atoms with van der Waals surface area (Å²) < 4.78 is 5.57. The summed E-state index contributed by atoms with van der Waals surface area (Å²) >= 11 is 1.61. The van der Waals surface area contributed by atoms with Gasteiger partial charge in [0.2, 0.25) is 0 Å². The van der Waals surface area contributed by atoms with Crippen LogP contribution in [0.3, 0.4) is 0 Å². The maximum absolute atomic E-state index is 12.5. The van der Waals surface area contributed by atoms with E-state index in [-0.39, 0.29) is 5.69 Å². The van der Waals surface area contributed by atoms with E-state index in [0.717, 1.165) is 26.6 Å². The first-order valence-electron chi connectivity index (χ1n) is 10.8. The fourth-order valence-corrected chi connectivity index (χ4v) is 4.65. The van der Waals surface area contributed by atoms with Crippen molar-refractivity contribution in [3.05, 3.63) is 106 Å². The number of esters is 1. The second-order valence-corrected chi connectivity index (χ2v) is 9.13. The molecule has 4 rings (SSSR count). The molecule has 1 unspecified atom stereocenters. The maximum Gasteiger partial charge on any atom is 0.338 e. The summed E-state index contributed by atoms with van der Waals surface area (Å²) in [6, 6.07) is 25.9. The number of nitro benzene ring substituents is 1. The number of rotatable bonds is 7. The molecular formula is C27H24N2O4S. The van der Waals surface area contributed by atoms with Gasteiger partial charge in [-0.15, -0.1) is 11.3 Å². The molecule has 1 heterocycles. The van der Waals surface area contributed by atoms with E-state index in [1.54, 1.807) is 60.7 Å². The Balaban J connectivity index is 1.62. The lowest BCUT2D eigenvalue weighted by atomic mass is 10.0. The van der Waals surface area contributed by atoms with Crippen molar-refractivity contribution < 1.29 is 14.5 Å². The first-order valence-corrected chi connectivity index (χ1v) is 11.6. The molecule has 1 aromatic heterocycles. The Bertz CT molecular complexity index is 1310. The van der Waals surface area contributed by atoms with E-state index in [0.29, 0.717) is 11.1 Å². The third kappa shape index (κ3) is 5.00. The number of anilines is 1. The summed E-state index contributed by atoms with van der Waals surface area (Å²) in [4.78, 5) is 27.8. The number of benzene rings is 3. The van der Waals surface area contributed by atoms with E-state index < -0.39 is 17.0 Å². The zero-order valence-electron chi connectivity index (χ0n) is 19.1. The number of carbonyl (C=O) groups is 1. The highest BCUT2D eigenvalue weighted by Crippen LogP contribution is 2.38. The molecule has 0 radical (unpaired) electrons. The van der Waals surface area contributed by atoms with Gasteiger partial charge in [-0.05, 0) is 66.6 Å². The van der Waals surface area contributed by atoms with Crippen molar-refractivity contribution >= 4 is 28.7 Å². The van der Waals surface area contributed by atoms with Crippen LogP contribution in [0.15, 0.2) is 84.9 Å². The van der Waals surface area contributed by atoms with Crippen molar-refractivity contribution in [1.29, 1.82) is 0 Å². The average molecular weight is 473 g/mol. The summed E-state index contributed by atoms with van der Waals surface area (Å²) in [5.41, 5.74) is 3.75. The Kier molecular flexibility index (Phi) is 6.75. The van der Waals surface area contributed by atoms with Gasteiger partial charge in [-0.1, -0.05) is 30.3 Å². The van der Waals surface area contributed by atoms with Gasteiger partial charge in [0.05, 0.1) is 16.1 Å². The van der Waals surface area contributed by atoms with Gasteiger partial charge in [0.1, 0.15) is 6.10 Å². The number of hydrogen-bond acceptors (Lipinski definition) is 6. The van der Waals surface area contributed by atoms with Crippen LogP contribution in [0.1, 0.15) is 28.9 Å². The highest BCUT2D eigenvalue weighted by atomic mass is 32.1. The van der Waals surface area contributed by atoms with Crippen LogP contribution >= 0.6 is 11.3 Å². The fourth-order valence-electron chi connectivity index (χ4n) is 3.64. The average Bonchev–Trinajstić information content (AvgIpc) is 3.34. The van der Waals surface area contributed by atoms with E-state index in [4.69, 9.17) is 4.74 Å². The number of thiophene rings is 1. The van der Waals surface area contributed by atoms with E-state index in [1.165, 1.54) is 6.07 Å². The van der Waals surface area contributed by atoms with E-state index in [1.807, 2.05) is 31.1 Å². The second kappa shape index (κ2) is 9.89. The third-order valence-electron chi connectivity index (χ3n) is 5.51. The summed E-state index contributed by atoms with van der Waals surface area (Å²) in [6.07, 6.45) is -0.786. The number of nitrogens with zero attached hydrogens (tertiary/aromatic N) is 2. The van der Waals surface area contributed by atoms with Crippen LogP contribution in [0.4, 0.5) is 11.4 Å². The number of nitro groups is 1. The van der Waals surface area contributed by atoms with Crippen LogP contribution in [0.25, 0.3) is 20.9 Å². The molecule has 0 saturated heterocycles. The Morgan fingerprint density at radius 3 is 2.15 bits per heavy atom. The van der Waals surface area contributed by atoms with Crippen molar-refractivity contribution in [3.8, 4) is 20.9 Å². The number of ether oxygens (including phenoxy) is 1. The molecule has 0 N–H and O–H groups in total. The van der Waals surface area contributed by atoms with Gasteiger partial charge in [0.15, 0.2) is 0 Å². The zero-order chi connectivity index (χ0) is 24.2. The standard InChI is InChI=1S/C27H24N2O4S/c1-18(33-27(30)20-7-5-4-6-8-20)23-17-21(11-14-24(23)29(31)32)26-16-15-25(34-26)19-9-12-22(13-10-19)28(2)3/h4-18H,1-3H3. The quantitative estimate of drug-likeness (QED) is 0.165. The molecular weight excluding hydrogens is 448 g/mol. The Hall–Kier alpha value is -3.97. The number of carbonyl (C=O) groups excluding carboxylic acids is 1. The highest BCUT2D eigenvalue weighted by Gasteiger charge is 2.23. The monoisotopic (exact) mass is 472 g/mol. The summed E-state index contributed by atoms with van der Waals surface area (Å²) in [5, 5.41) is 11.7. The van der Waals surface area contributed by atoms with Crippen molar-refractivity contribution in [1.82, 2.24) is 0 Å². The molecule has 7 heteroatoms. The van der Waals surface area contributed by atoms with Crippen molar-refractivity contribution in [2.24, 2.45) is 0 Å². The van der Waals surface area contributed by atoms with Crippen LogP contribution in [0, 0.1) is 10.1 Å². The van der Waals surface area contributed by atoms with E-state index >= 15 is 0 Å². The normalized spacial score (nSPS) is 11.6. The minimum atomic E-state index is -0.786. The Labute approximate surface area is 202 Å². The molecule has 1 atom stereocenters. The third-order valence-corrected chi connectivity index (χ3v) is 6.70. The van der Waals surface area contributed by atoms with Crippen LogP contribution in [-0.2, 0) is 4.74 Å². The van der Waals surface area contributed by atoms with Gasteiger partial charge in [0, 0.05) is 35.6 Å². The smallest absolute Gasteiger partial charge is 0.338 e. The summed E-state index contributed by atoms with van der Waals surface area (Å²) in [5.74, 6) is -0.521. The molecule has 3 aromatic carbocycles. The van der Waals surface area contributed by atoms with Crippen LogP contribution in [-0.4, -0.2) is 25.0 Å².